The van der Waals surface area contributed by atoms with Crippen LogP contribution in [0.3, 0.4) is 0 Å². The standard InChI is InChI=1S/C8H16O3/c1-3-4-5-9-8-10-6-7(2)11-8/h7-8H,3-6H2,1-2H3. The van der Waals surface area contributed by atoms with Crippen LogP contribution in [0.15, 0.2) is 0 Å². The molecule has 11 heavy (non-hydrogen) atoms. The van der Waals surface area contributed by atoms with Crippen molar-refractivity contribution in [1.29, 1.82) is 0 Å². The van der Waals surface area contributed by atoms with Crippen molar-refractivity contribution < 1.29 is 14.2 Å². The molecule has 1 saturated heterocycles. The second kappa shape index (κ2) is 4.70. The van der Waals surface area contributed by atoms with Gasteiger partial charge < -0.3 is 14.2 Å². The number of unbranched alkanes of at least 4 members (excludes halogenated alkanes) is 1. The van der Waals surface area contributed by atoms with Gasteiger partial charge in [0.05, 0.1) is 19.3 Å². The van der Waals surface area contributed by atoms with E-state index in [0.29, 0.717) is 6.61 Å². The molecule has 0 amide bonds. The first-order valence-corrected chi connectivity index (χ1v) is 4.21. The molecule has 2 unspecified atom stereocenters. The fraction of sp³-hybridized carbons (Fsp3) is 1.00. The molecule has 1 aliphatic rings. The summed E-state index contributed by atoms with van der Waals surface area (Å²) in [5.41, 5.74) is 0. The van der Waals surface area contributed by atoms with Crippen molar-refractivity contribution in [2.24, 2.45) is 0 Å². The molecule has 0 N–H and O–H groups in total. The second-order valence-electron chi connectivity index (χ2n) is 2.79. The van der Waals surface area contributed by atoms with E-state index < -0.39 is 6.48 Å². The van der Waals surface area contributed by atoms with Crippen LogP contribution in [0.1, 0.15) is 26.7 Å². The predicted octanol–water partition coefficient (Wildman–Crippen LogP) is 1.52. The zero-order chi connectivity index (χ0) is 8.10. The molecular weight excluding hydrogens is 144 g/mol. The Balaban J connectivity index is 1.99. The van der Waals surface area contributed by atoms with Crippen LogP contribution in [0.5, 0.6) is 0 Å². The van der Waals surface area contributed by atoms with Gasteiger partial charge in [0.15, 0.2) is 0 Å². The molecule has 3 nitrogen and oxygen atoms in total. The van der Waals surface area contributed by atoms with Crippen LogP contribution in [0.2, 0.25) is 0 Å². The highest BCUT2D eigenvalue weighted by atomic mass is 16.9. The Kier molecular flexibility index (Phi) is 3.83. The summed E-state index contributed by atoms with van der Waals surface area (Å²) in [6.07, 6.45) is 2.39. The zero-order valence-electron chi connectivity index (χ0n) is 7.21. The van der Waals surface area contributed by atoms with Crippen molar-refractivity contribution in [1.82, 2.24) is 0 Å². The Morgan fingerprint density at radius 1 is 1.55 bits per heavy atom. The van der Waals surface area contributed by atoms with Crippen molar-refractivity contribution in [2.75, 3.05) is 13.2 Å². The third-order valence-electron chi connectivity index (χ3n) is 1.56. The molecule has 1 fully saturated rings. The van der Waals surface area contributed by atoms with Gasteiger partial charge in [-0.1, -0.05) is 13.3 Å². The molecule has 0 saturated carbocycles. The molecule has 2 atom stereocenters. The van der Waals surface area contributed by atoms with Crippen molar-refractivity contribution in [3.8, 4) is 0 Å². The van der Waals surface area contributed by atoms with Crippen LogP contribution in [-0.4, -0.2) is 25.8 Å². The normalized spacial score (nSPS) is 31.1. The molecule has 0 aliphatic carbocycles. The molecule has 0 aromatic carbocycles. The third kappa shape index (κ3) is 3.18. The monoisotopic (exact) mass is 160 g/mol. The molecule has 66 valence electrons. The van der Waals surface area contributed by atoms with E-state index >= 15 is 0 Å². The van der Waals surface area contributed by atoms with E-state index in [1.165, 1.54) is 0 Å². The van der Waals surface area contributed by atoms with Crippen molar-refractivity contribution in [3.63, 3.8) is 0 Å². The maximum Gasteiger partial charge on any atom is 0.272 e. The van der Waals surface area contributed by atoms with Crippen LogP contribution in [0.25, 0.3) is 0 Å². The lowest BCUT2D eigenvalue weighted by Crippen LogP contribution is -2.14. The minimum absolute atomic E-state index is 0.182. The van der Waals surface area contributed by atoms with Crippen molar-refractivity contribution >= 4 is 0 Å². The predicted molar refractivity (Wildman–Crippen MR) is 41.1 cm³/mol. The summed E-state index contributed by atoms with van der Waals surface area (Å²) in [5, 5.41) is 0. The highest BCUT2D eigenvalue weighted by Crippen LogP contribution is 2.11. The third-order valence-corrected chi connectivity index (χ3v) is 1.56. The van der Waals surface area contributed by atoms with Gasteiger partial charge in [-0.2, -0.15) is 0 Å². The first kappa shape index (κ1) is 8.97. The average molecular weight is 160 g/mol. The van der Waals surface area contributed by atoms with E-state index in [0.717, 1.165) is 19.4 Å². The molecule has 0 aromatic heterocycles. The SMILES string of the molecule is CCCCOC1OCC(C)O1. The van der Waals surface area contributed by atoms with Crippen LogP contribution in [0.4, 0.5) is 0 Å². The van der Waals surface area contributed by atoms with Crippen molar-refractivity contribution in [2.45, 2.75) is 39.3 Å². The van der Waals surface area contributed by atoms with Gasteiger partial charge in [0, 0.05) is 0 Å². The average Bonchev–Trinajstić information content (AvgIpc) is 2.37. The zero-order valence-corrected chi connectivity index (χ0v) is 7.21. The number of ether oxygens (including phenoxy) is 3. The first-order valence-electron chi connectivity index (χ1n) is 4.21. The quantitative estimate of drug-likeness (QED) is 0.583. The van der Waals surface area contributed by atoms with E-state index in [2.05, 4.69) is 6.92 Å². The number of rotatable bonds is 4. The smallest absolute Gasteiger partial charge is 0.272 e. The summed E-state index contributed by atoms with van der Waals surface area (Å²) in [6, 6.07) is 0. The van der Waals surface area contributed by atoms with Crippen molar-refractivity contribution in [3.05, 3.63) is 0 Å². The molecule has 0 aromatic rings. The van der Waals surface area contributed by atoms with Gasteiger partial charge in [-0.3, -0.25) is 0 Å². The fourth-order valence-electron chi connectivity index (χ4n) is 0.894. The molecule has 1 aliphatic heterocycles. The second-order valence-corrected chi connectivity index (χ2v) is 2.79. The summed E-state index contributed by atoms with van der Waals surface area (Å²) >= 11 is 0. The van der Waals surface area contributed by atoms with E-state index in [1.807, 2.05) is 6.92 Å². The topological polar surface area (TPSA) is 27.7 Å². The molecule has 1 rings (SSSR count). The highest BCUT2D eigenvalue weighted by Gasteiger charge is 2.22. The van der Waals surface area contributed by atoms with Crippen LogP contribution in [0, 0.1) is 0 Å². The van der Waals surface area contributed by atoms with Gasteiger partial charge in [0.25, 0.3) is 6.48 Å². The summed E-state index contributed by atoms with van der Waals surface area (Å²) < 4.78 is 15.7. The lowest BCUT2D eigenvalue weighted by molar-refractivity contribution is -0.236. The van der Waals surface area contributed by atoms with Gasteiger partial charge in [-0.15, -0.1) is 0 Å². The fourth-order valence-corrected chi connectivity index (χ4v) is 0.894. The molecule has 0 radical (unpaired) electrons. The van der Waals surface area contributed by atoms with E-state index in [9.17, 15) is 0 Å². The highest BCUT2D eigenvalue weighted by molar-refractivity contribution is 4.52. The lowest BCUT2D eigenvalue weighted by Gasteiger charge is -2.09. The maximum atomic E-state index is 5.27. The Morgan fingerprint density at radius 2 is 2.36 bits per heavy atom. The molecular formula is C8H16O3. The molecule has 3 heteroatoms. The van der Waals surface area contributed by atoms with Crippen LogP contribution >= 0.6 is 0 Å². The Bertz CT molecular complexity index is 106. The summed E-state index contributed by atoms with van der Waals surface area (Å²) in [7, 11) is 0. The Hall–Kier alpha value is -0.120. The van der Waals surface area contributed by atoms with Gasteiger partial charge >= 0.3 is 0 Å². The largest absolute Gasteiger partial charge is 0.330 e. The van der Waals surface area contributed by atoms with Crippen LogP contribution < -0.4 is 0 Å². The van der Waals surface area contributed by atoms with E-state index in [-0.39, 0.29) is 6.10 Å². The summed E-state index contributed by atoms with van der Waals surface area (Å²) in [4.78, 5) is 0. The molecule has 0 bridgehead atoms. The van der Waals surface area contributed by atoms with Gasteiger partial charge in [-0.25, -0.2) is 0 Å². The van der Waals surface area contributed by atoms with Gasteiger partial charge in [0.2, 0.25) is 0 Å². The molecule has 1 heterocycles. The molecule has 0 spiro atoms. The lowest BCUT2D eigenvalue weighted by atomic mass is 10.4. The van der Waals surface area contributed by atoms with E-state index in [4.69, 9.17) is 14.2 Å². The Labute approximate surface area is 67.6 Å². The van der Waals surface area contributed by atoms with Gasteiger partial charge in [-0.05, 0) is 13.3 Å². The van der Waals surface area contributed by atoms with Crippen LogP contribution in [-0.2, 0) is 14.2 Å². The maximum absolute atomic E-state index is 5.27. The van der Waals surface area contributed by atoms with E-state index in [1.54, 1.807) is 0 Å². The minimum atomic E-state index is -0.406. The number of hydrogen-bond acceptors (Lipinski definition) is 3. The first-order chi connectivity index (χ1) is 5.33. The summed E-state index contributed by atoms with van der Waals surface area (Å²) in [6.45, 7) is 5.08. The summed E-state index contributed by atoms with van der Waals surface area (Å²) in [5.74, 6) is 0. The van der Waals surface area contributed by atoms with Gasteiger partial charge in [0.1, 0.15) is 0 Å². The minimum Gasteiger partial charge on any atom is -0.330 e. The number of hydrogen-bond donors (Lipinski definition) is 0. The Morgan fingerprint density at radius 3 is 2.91 bits per heavy atom.